The SMILES string of the molecule is CN1CCN(c2cc3c(nn2)Oc2ccccc2N3)CC1. The number of piperazine rings is 1. The van der Waals surface area contributed by atoms with Gasteiger partial charge in [-0.1, -0.05) is 12.1 Å². The third kappa shape index (κ3) is 2.27. The van der Waals surface area contributed by atoms with Crippen LogP contribution in [0.3, 0.4) is 0 Å². The zero-order chi connectivity index (χ0) is 14.2. The van der Waals surface area contributed by atoms with Gasteiger partial charge in [0.15, 0.2) is 11.6 Å². The number of ether oxygens (including phenoxy) is 1. The summed E-state index contributed by atoms with van der Waals surface area (Å²) in [5.74, 6) is 2.22. The van der Waals surface area contributed by atoms with Gasteiger partial charge in [-0.3, -0.25) is 0 Å². The molecule has 0 radical (unpaired) electrons. The molecular weight excluding hydrogens is 266 g/mol. The monoisotopic (exact) mass is 283 g/mol. The van der Waals surface area contributed by atoms with Gasteiger partial charge in [-0.2, -0.15) is 0 Å². The zero-order valence-corrected chi connectivity index (χ0v) is 11.9. The first kappa shape index (κ1) is 12.4. The third-order valence-corrected chi connectivity index (χ3v) is 3.94. The number of likely N-dealkylation sites (N-methyl/N-ethyl adjacent to an activating group) is 1. The van der Waals surface area contributed by atoms with Gasteiger partial charge in [0.1, 0.15) is 5.69 Å². The molecule has 2 aromatic rings. The van der Waals surface area contributed by atoms with Crippen LogP contribution in [0.15, 0.2) is 30.3 Å². The van der Waals surface area contributed by atoms with E-state index in [2.05, 4.69) is 32.4 Å². The molecule has 0 unspecified atom stereocenters. The smallest absolute Gasteiger partial charge is 0.263 e. The average Bonchev–Trinajstić information content (AvgIpc) is 2.53. The number of anilines is 3. The van der Waals surface area contributed by atoms with Gasteiger partial charge in [0.05, 0.1) is 5.69 Å². The molecule has 21 heavy (non-hydrogen) atoms. The number of para-hydroxylation sites is 2. The van der Waals surface area contributed by atoms with Crippen molar-refractivity contribution in [3.05, 3.63) is 30.3 Å². The maximum atomic E-state index is 5.77. The second-order valence-electron chi connectivity index (χ2n) is 5.43. The molecule has 3 heterocycles. The van der Waals surface area contributed by atoms with Crippen molar-refractivity contribution in [3.63, 3.8) is 0 Å². The van der Waals surface area contributed by atoms with Gasteiger partial charge in [0.2, 0.25) is 0 Å². The van der Waals surface area contributed by atoms with Crippen molar-refractivity contribution < 1.29 is 4.74 Å². The highest BCUT2D eigenvalue weighted by atomic mass is 16.5. The van der Waals surface area contributed by atoms with E-state index in [1.807, 2.05) is 30.3 Å². The largest absolute Gasteiger partial charge is 0.434 e. The van der Waals surface area contributed by atoms with Crippen LogP contribution in [0, 0.1) is 0 Å². The van der Waals surface area contributed by atoms with E-state index in [1.54, 1.807) is 0 Å². The lowest BCUT2D eigenvalue weighted by Crippen LogP contribution is -2.44. The van der Waals surface area contributed by atoms with Crippen LogP contribution < -0.4 is 15.0 Å². The number of rotatable bonds is 1. The van der Waals surface area contributed by atoms with Crippen molar-refractivity contribution in [2.45, 2.75) is 0 Å². The highest BCUT2D eigenvalue weighted by Gasteiger charge is 2.21. The molecule has 0 atom stereocenters. The standard InChI is InChI=1S/C15H17N5O/c1-19-6-8-20(9-7-19)14-10-12-15(18-17-14)21-13-5-3-2-4-11(13)16-12/h2-5,10,16H,6-9H2,1H3. The molecule has 108 valence electrons. The van der Waals surface area contributed by atoms with E-state index in [-0.39, 0.29) is 0 Å². The van der Waals surface area contributed by atoms with Crippen LogP contribution in [0.25, 0.3) is 0 Å². The molecule has 1 N–H and O–H groups in total. The van der Waals surface area contributed by atoms with E-state index >= 15 is 0 Å². The van der Waals surface area contributed by atoms with E-state index in [1.165, 1.54) is 0 Å². The van der Waals surface area contributed by atoms with Crippen molar-refractivity contribution in [2.24, 2.45) is 0 Å². The lowest BCUT2D eigenvalue weighted by Gasteiger charge is -2.33. The fourth-order valence-electron chi connectivity index (χ4n) is 2.63. The first-order chi connectivity index (χ1) is 10.3. The summed E-state index contributed by atoms with van der Waals surface area (Å²) in [6.07, 6.45) is 0. The van der Waals surface area contributed by atoms with Gasteiger partial charge in [0, 0.05) is 32.2 Å². The minimum atomic E-state index is 0.534. The van der Waals surface area contributed by atoms with Crippen LogP contribution >= 0.6 is 0 Å². The number of hydrogen-bond donors (Lipinski definition) is 1. The highest BCUT2D eigenvalue weighted by molar-refractivity contribution is 5.75. The first-order valence-corrected chi connectivity index (χ1v) is 7.15. The van der Waals surface area contributed by atoms with E-state index in [4.69, 9.17) is 4.74 Å². The predicted molar refractivity (Wildman–Crippen MR) is 81.5 cm³/mol. The summed E-state index contributed by atoms with van der Waals surface area (Å²) in [4.78, 5) is 4.58. The molecule has 4 rings (SSSR count). The summed E-state index contributed by atoms with van der Waals surface area (Å²) in [5.41, 5.74) is 1.83. The average molecular weight is 283 g/mol. The summed E-state index contributed by atoms with van der Waals surface area (Å²) < 4.78 is 5.77. The molecule has 0 aliphatic carbocycles. The van der Waals surface area contributed by atoms with E-state index in [0.29, 0.717) is 5.88 Å². The third-order valence-electron chi connectivity index (χ3n) is 3.94. The zero-order valence-electron chi connectivity index (χ0n) is 11.9. The minimum absolute atomic E-state index is 0.534. The van der Waals surface area contributed by atoms with Crippen LogP contribution in [0.5, 0.6) is 11.6 Å². The fraction of sp³-hybridized carbons (Fsp3) is 0.333. The van der Waals surface area contributed by atoms with Crippen LogP contribution in [0.2, 0.25) is 0 Å². The Morgan fingerprint density at radius 3 is 2.71 bits per heavy atom. The van der Waals surface area contributed by atoms with Gasteiger partial charge in [0.25, 0.3) is 5.88 Å². The molecule has 1 aromatic heterocycles. The van der Waals surface area contributed by atoms with Crippen molar-refractivity contribution in [3.8, 4) is 11.6 Å². The lowest BCUT2D eigenvalue weighted by atomic mass is 10.2. The van der Waals surface area contributed by atoms with Gasteiger partial charge in [-0.25, -0.2) is 0 Å². The Balaban J connectivity index is 1.61. The molecule has 2 aliphatic rings. The summed E-state index contributed by atoms with van der Waals surface area (Å²) in [5, 5.41) is 11.9. The molecule has 0 spiro atoms. The molecule has 1 aromatic carbocycles. The number of aromatic nitrogens is 2. The van der Waals surface area contributed by atoms with Crippen LogP contribution in [0.4, 0.5) is 17.2 Å². The molecule has 6 heteroatoms. The van der Waals surface area contributed by atoms with Gasteiger partial charge in [-0.15, -0.1) is 10.2 Å². The molecule has 6 nitrogen and oxygen atoms in total. The number of nitrogens with zero attached hydrogens (tertiary/aromatic N) is 4. The minimum Gasteiger partial charge on any atom is -0.434 e. The molecule has 1 fully saturated rings. The summed E-state index contributed by atoms with van der Waals surface area (Å²) >= 11 is 0. The van der Waals surface area contributed by atoms with Crippen molar-refractivity contribution >= 4 is 17.2 Å². The Morgan fingerprint density at radius 2 is 1.86 bits per heavy atom. The molecule has 2 aliphatic heterocycles. The number of hydrogen-bond acceptors (Lipinski definition) is 6. The van der Waals surface area contributed by atoms with Crippen LogP contribution in [0.1, 0.15) is 0 Å². The lowest BCUT2D eigenvalue weighted by molar-refractivity contribution is 0.311. The number of fused-ring (bicyclic) bond motifs is 2. The second kappa shape index (κ2) is 4.89. The number of nitrogens with one attached hydrogen (secondary N) is 1. The molecular formula is C15H17N5O. The Kier molecular flexibility index (Phi) is 2.89. The molecule has 1 saturated heterocycles. The van der Waals surface area contributed by atoms with Crippen LogP contribution in [-0.2, 0) is 0 Å². The van der Waals surface area contributed by atoms with Gasteiger partial charge in [-0.05, 0) is 19.2 Å². The van der Waals surface area contributed by atoms with E-state index in [9.17, 15) is 0 Å². The normalized spacial score (nSPS) is 17.5. The summed E-state index contributed by atoms with van der Waals surface area (Å²) in [7, 11) is 2.14. The second-order valence-corrected chi connectivity index (χ2v) is 5.43. The van der Waals surface area contributed by atoms with E-state index in [0.717, 1.165) is 49.1 Å². The van der Waals surface area contributed by atoms with Crippen molar-refractivity contribution in [1.29, 1.82) is 0 Å². The van der Waals surface area contributed by atoms with Crippen LogP contribution in [-0.4, -0.2) is 48.3 Å². The Labute approximate surface area is 123 Å². The molecule has 0 saturated carbocycles. The predicted octanol–water partition coefficient (Wildman–Crippen LogP) is 2.08. The maximum absolute atomic E-state index is 5.77. The fourth-order valence-corrected chi connectivity index (χ4v) is 2.63. The highest BCUT2D eigenvalue weighted by Crippen LogP contribution is 2.40. The topological polar surface area (TPSA) is 53.5 Å². The Hall–Kier alpha value is -2.34. The molecule has 0 bridgehead atoms. The molecule has 0 amide bonds. The van der Waals surface area contributed by atoms with Gasteiger partial charge < -0.3 is 19.9 Å². The summed E-state index contributed by atoms with van der Waals surface area (Å²) in [6.45, 7) is 4.04. The number of benzene rings is 1. The summed E-state index contributed by atoms with van der Waals surface area (Å²) in [6, 6.07) is 9.85. The van der Waals surface area contributed by atoms with Crippen molar-refractivity contribution in [2.75, 3.05) is 43.4 Å². The van der Waals surface area contributed by atoms with Crippen molar-refractivity contribution in [1.82, 2.24) is 15.1 Å². The quantitative estimate of drug-likeness (QED) is 0.738. The maximum Gasteiger partial charge on any atom is 0.263 e. The Morgan fingerprint density at radius 1 is 1.05 bits per heavy atom. The van der Waals surface area contributed by atoms with E-state index < -0.39 is 0 Å². The van der Waals surface area contributed by atoms with Gasteiger partial charge >= 0.3 is 0 Å². The Bertz CT molecular complexity index is 667. The first-order valence-electron chi connectivity index (χ1n) is 7.15.